The summed E-state index contributed by atoms with van der Waals surface area (Å²) < 4.78 is 21.1. The Kier molecular flexibility index (Phi) is 6.14. The Morgan fingerprint density at radius 1 is 1.42 bits per heavy atom. The van der Waals surface area contributed by atoms with E-state index in [0.29, 0.717) is 27.6 Å². The van der Waals surface area contributed by atoms with Crippen LogP contribution in [0.15, 0.2) is 40.3 Å². The molecule has 10 heteroatoms. The van der Waals surface area contributed by atoms with Gasteiger partial charge < -0.3 is 16.2 Å². The molecule has 1 saturated carbocycles. The molecule has 1 fully saturated rings. The molecule has 3 aromatic rings. The molecule has 1 aliphatic carbocycles. The summed E-state index contributed by atoms with van der Waals surface area (Å²) in [5.74, 6) is -0.614. The van der Waals surface area contributed by atoms with Gasteiger partial charge in [0.15, 0.2) is 5.82 Å². The predicted molar refractivity (Wildman–Crippen MR) is 125 cm³/mol. The maximum atomic E-state index is 15.3. The van der Waals surface area contributed by atoms with Crippen molar-refractivity contribution in [3.63, 3.8) is 0 Å². The van der Waals surface area contributed by atoms with E-state index in [2.05, 4.69) is 15.2 Å². The summed E-state index contributed by atoms with van der Waals surface area (Å²) in [5, 5.41) is 17.0. The molecule has 33 heavy (non-hydrogen) atoms. The van der Waals surface area contributed by atoms with Gasteiger partial charge in [0.25, 0.3) is 5.56 Å². The molecule has 0 saturated heterocycles. The zero-order valence-electron chi connectivity index (χ0n) is 17.7. The van der Waals surface area contributed by atoms with Crippen LogP contribution >= 0.6 is 11.6 Å². The Hall–Kier alpha value is -3.74. The number of halogens is 2. The van der Waals surface area contributed by atoms with Gasteiger partial charge in [-0.15, -0.1) is 0 Å². The third-order valence-corrected chi connectivity index (χ3v) is 5.64. The van der Waals surface area contributed by atoms with Crippen LogP contribution in [0.25, 0.3) is 16.3 Å². The van der Waals surface area contributed by atoms with Crippen molar-refractivity contribution in [1.29, 1.82) is 5.26 Å². The number of aromatic nitrogens is 2. The lowest BCUT2D eigenvalue weighted by Gasteiger charge is -2.17. The van der Waals surface area contributed by atoms with E-state index in [1.165, 1.54) is 19.3 Å². The molecule has 1 aromatic heterocycles. The van der Waals surface area contributed by atoms with Gasteiger partial charge in [0, 0.05) is 36.8 Å². The minimum atomic E-state index is -0.808. The number of fused-ring (bicyclic) bond motifs is 1. The fourth-order valence-corrected chi connectivity index (χ4v) is 3.81. The van der Waals surface area contributed by atoms with Gasteiger partial charge >= 0.3 is 0 Å². The number of nitrogens with zero attached hydrogens (tertiary/aromatic N) is 3. The van der Waals surface area contributed by atoms with E-state index in [1.54, 1.807) is 18.2 Å². The standard InChI is InChI=1S/C23H20ClFN6O2/c1-29-22(20-16(9-27)19(33-12-3-4-12)7-17(24)21(20)25)15(8-26)11-2-5-13-14(6-11)18(10-28)30-31-23(13)32/h2,5-8,12H,3-4,10,26,28H2,1H3,(H,31,32)/b15-8-,29-22?. The molecule has 1 aliphatic rings. The number of rotatable bonds is 6. The van der Waals surface area contributed by atoms with E-state index in [1.807, 2.05) is 6.07 Å². The van der Waals surface area contributed by atoms with Crippen LogP contribution in [-0.4, -0.2) is 29.1 Å². The largest absolute Gasteiger partial charge is 0.489 e. The number of hydrogen-bond donors (Lipinski definition) is 3. The average molecular weight is 467 g/mol. The van der Waals surface area contributed by atoms with Gasteiger partial charge in [0.05, 0.1) is 33.5 Å². The van der Waals surface area contributed by atoms with Crippen LogP contribution in [0.4, 0.5) is 4.39 Å². The van der Waals surface area contributed by atoms with Gasteiger partial charge in [0.2, 0.25) is 0 Å². The molecule has 0 aliphatic heterocycles. The molecule has 168 valence electrons. The summed E-state index contributed by atoms with van der Waals surface area (Å²) in [5.41, 5.74) is 12.7. The molecule has 5 N–H and O–H groups in total. The third kappa shape index (κ3) is 4.06. The first-order chi connectivity index (χ1) is 15.9. The first-order valence-corrected chi connectivity index (χ1v) is 10.5. The summed E-state index contributed by atoms with van der Waals surface area (Å²) >= 11 is 6.15. The molecule has 0 amide bonds. The van der Waals surface area contributed by atoms with Crippen molar-refractivity contribution in [3.8, 4) is 11.8 Å². The molecule has 4 rings (SSSR count). The highest BCUT2D eigenvalue weighted by Gasteiger charge is 2.29. The zero-order chi connectivity index (χ0) is 23.7. The van der Waals surface area contributed by atoms with Crippen LogP contribution in [0, 0.1) is 17.1 Å². The fraction of sp³-hybridized carbons (Fsp3) is 0.217. The van der Waals surface area contributed by atoms with E-state index in [0.717, 1.165) is 12.8 Å². The number of hydrogen-bond acceptors (Lipinski definition) is 7. The topological polar surface area (TPSA) is 143 Å². The average Bonchev–Trinajstić information content (AvgIpc) is 3.64. The second-order valence-corrected chi connectivity index (χ2v) is 7.87. The van der Waals surface area contributed by atoms with Crippen LogP contribution in [0.5, 0.6) is 5.75 Å². The second-order valence-electron chi connectivity index (χ2n) is 7.47. The minimum Gasteiger partial charge on any atom is -0.489 e. The summed E-state index contributed by atoms with van der Waals surface area (Å²) in [6.45, 7) is 0.0937. The van der Waals surface area contributed by atoms with E-state index in [-0.39, 0.29) is 45.8 Å². The maximum absolute atomic E-state index is 15.3. The summed E-state index contributed by atoms with van der Waals surface area (Å²) in [6, 6.07) is 8.26. The Labute approximate surface area is 193 Å². The Morgan fingerprint density at radius 2 is 2.18 bits per heavy atom. The van der Waals surface area contributed by atoms with Gasteiger partial charge in [-0.3, -0.25) is 9.79 Å². The lowest BCUT2D eigenvalue weighted by Crippen LogP contribution is -2.15. The number of nitrogens with one attached hydrogen (secondary N) is 1. The molecule has 2 aromatic carbocycles. The van der Waals surface area contributed by atoms with E-state index >= 15 is 4.39 Å². The summed E-state index contributed by atoms with van der Waals surface area (Å²) in [6.07, 6.45) is 2.94. The number of aromatic amines is 1. The third-order valence-electron chi connectivity index (χ3n) is 5.37. The fourth-order valence-electron chi connectivity index (χ4n) is 3.62. The number of benzene rings is 2. The van der Waals surface area contributed by atoms with Crippen LogP contribution in [-0.2, 0) is 6.54 Å². The lowest BCUT2D eigenvalue weighted by molar-refractivity contribution is 0.302. The van der Waals surface area contributed by atoms with Crippen LogP contribution in [0.3, 0.4) is 0 Å². The SMILES string of the molecule is CN=C(/C(=C\N)c1ccc2c(=O)[nH]nc(CN)c2c1)c1c(F)c(Cl)cc(OC2CC2)c1C#N. The summed E-state index contributed by atoms with van der Waals surface area (Å²) in [7, 11) is 1.46. The molecule has 0 atom stereocenters. The highest BCUT2D eigenvalue weighted by Crippen LogP contribution is 2.37. The number of allylic oxidation sites excluding steroid dienone is 1. The maximum Gasteiger partial charge on any atom is 0.272 e. The number of aliphatic imine (C=N–C) groups is 1. The monoisotopic (exact) mass is 466 g/mol. The van der Waals surface area contributed by atoms with Crippen molar-refractivity contribution >= 4 is 33.7 Å². The molecule has 8 nitrogen and oxygen atoms in total. The summed E-state index contributed by atoms with van der Waals surface area (Å²) in [4.78, 5) is 16.4. The van der Waals surface area contributed by atoms with Gasteiger partial charge in [-0.25, -0.2) is 9.49 Å². The highest BCUT2D eigenvalue weighted by molar-refractivity contribution is 6.35. The van der Waals surface area contributed by atoms with Crippen LogP contribution in [0.2, 0.25) is 5.02 Å². The highest BCUT2D eigenvalue weighted by atomic mass is 35.5. The van der Waals surface area contributed by atoms with Crippen molar-refractivity contribution in [3.05, 3.63) is 74.0 Å². The van der Waals surface area contributed by atoms with E-state index in [4.69, 9.17) is 27.8 Å². The molecule has 1 heterocycles. The lowest BCUT2D eigenvalue weighted by atomic mass is 9.91. The van der Waals surface area contributed by atoms with Crippen molar-refractivity contribution in [2.75, 3.05) is 7.05 Å². The van der Waals surface area contributed by atoms with Crippen LogP contribution in [0.1, 0.15) is 35.2 Å². The van der Waals surface area contributed by atoms with Crippen molar-refractivity contribution in [2.24, 2.45) is 16.5 Å². The van der Waals surface area contributed by atoms with Gasteiger partial charge in [-0.1, -0.05) is 17.7 Å². The van der Waals surface area contributed by atoms with Crippen molar-refractivity contribution in [2.45, 2.75) is 25.5 Å². The van der Waals surface area contributed by atoms with Crippen molar-refractivity contribution < 1.29 is 9.13 Å². The molecular weight excluding hydrogens is 447 g/mol. The zero-order valence-corrected chi connectivity index (χ0v) is 18.4. The smallest absolute Gasteiger partial charge is 0.272 e. The first kappa shape index (κ1) is 22.5. The number of nitrogens with two attached hydrogens (primary N) is 2. The first-order valence-electron chi connectivity index (χ1n) is 10.1. The molecule has 0 bridgehead atoms. The van der Waals surface area contributed by atoms with E-state index in [9.17, 15) is 10.1 Å². The normalized spacial score (nSPS) is 14.4. The van der Waals surface area contributed by atoms with Gasteiger partial charge in [0.1, 0.15) is 17.4 Å². The Morgan fingerprint density at radius 3 is 2.79 bits per heavy atom. The molecule has 0 spiro atoms. The quantitative estimate of drug-likeness (QED) is 0.476. The predicted octanol–water partition coefficient (Wildman–Crippen LogP) is 3.01. The number of nitriles is 1. The van der Waals surface area contributed by atoms with E-state index < -0.39 is 5.82 Å². The Bertz CT molecular complexity index is 1420. The minimum absolute atomic E-state index is 0.0229. The molecule has 0 radical (unpaired) electrons. The molecular formula is C23H20ClFN6O2. The second kappa shape index (κ2) is 9.02. The van der Waals surface area contributed by atoms with Gasteiger partial charge in [-0.2, -0.15) is 10.4 Å². The number of H-pyrrole nitrogens is 1. The Balaban J connectivity index is 1.91. The number of ether oxygens (including phenoxy) is 1. The van der Waals surface area contributed by atoms with Crippen molar-refractivity contribution in [1.82, 2.24) is 10.2 Å². The molecule has 0 unspecified atom stereocenters. The van der Waals surface area contributed by atoms with Gasteiger partial charge in [-0.05, 0) is 30.5 Å². The van der Waals surface area contributed by atoms with Crippen LogP contribution < -0.4 is 21.8 Å².